The highest BCUT2D eigenvalue weighted by Crippen LogP contribution is 2.25. The first-order valence-electron chi connectivity index (χ1n) is 6.19. The quantitative estimate of drug-likeness (QED) is 0.751. The molecule has 3 rings (SSSR count). The topological polar surface area (TPSA) is 68.0 Å². The summed E-state index contributed by atoms with van der Waals surface area (Å²) in [5.41, 5.74) is 1.96. The minimum absolute atomic E-state index is 0.0857. The number of hydrogen-bond acceptors (Lipinski definition) is 5. The van der Waals surface area contributed by atoms with Gasteiger partial charge in [-0.2, -0.15) is 19.6 Å². The molecule has 1 unspecified atom stereocenters. The fraction of sp³-hybridized carbons (Fsp3) is 0.231. The van der Waals surface area contributed by atoms with Crippen LogP contribution >= 0.6 is 11.6 Å². The van der Waals surface area contributed by atoms with Crippen LogP contribution in [0.25, 0.3) is 5.78 Å². The number of nitrogens with zero attached hydrogens (tertiary/aromatic N) is 5. The van der Waals surface area contributed by atoms with Crippen LogP contribution in [0.1, 0.15) is 24.1 Å². The van der Waals surface area contributed by atoms with Crippen molar-refractivity contribution >= 4 is 23.2 Å². The lowest BCUT2D eigenvalue weighted by Crippen LogP contribution is -2.13. The van der Waals surface area contributed by atoms with Crippen molar-refractivity contribution < 1.29 is 0 Å². The average Bonchev–Trinajstić information content (AvgIpc) is 2.92. The Hall–Kier alpha value is -2.21. The van der Waals surface area contributed by atoms with Crippen LogP contribution in [-0.4, -0.2) is 24.6 Å². The SMILES string of the molecule is Cc1c(Cl)nc2ncnn2c1NC(C)c1ccncc1. The normalized spacial score (nSPS) is 12.6. The molecule has 0 spiro atoms. The first kappa shape index (κ1) is 12.8. The summed E-state index contributed by atoms with van der Waals surface area (Å²) in [6, 6.07) is 4.02. The molecule has 3 aromatic rings. The summed E-state index contributed by atoms with van der Waals surface area (Å²) in [5.74, 6) is 1.27. The van der Waals surface area contributed by atoms with Crippen LogP contribution in [0.5, 0.6) is 0 Å². The Balaban J connectivity index is 2.02. The zero-order valence-corrected chi connectivity index (χ0v) is 11.8. The molecule has 7 heteroatoms. The van der Waals surface area contributed by atoms with Gasteiger partial charge in [-0.1, -0.05) is 11.6 Å². The van der Waals surface area contributed by atoms with Crippen molar-refractivity contribution in [3.8, 4) is 0 Å². The smallest absolute Gasteiger partial charge is 0.255 e. The fourth-order valence-electron chi connectivity index (χ4n) is 2.01. The predicted octanol–water partition coefficient (Wildman–Crippen LogP) is 2.65. The second-order valence-corrected chi connectivity index (χ2v) is 4.85. The summed E-state index contributed by atoms with van der Waals surface area (Å²) in [5, 5.41) is 8.01. The number of halogens is 1. The van der Waals surface area contributed by atoms with Gasteiger partial charge >= 0.3 is 0 Å². The monoisotopic (exact) mass is 288 g/mol. The van der Waals surface area contributed by atoms with E-state index >= 15 is 0 Å². The Kier molecular flexibility index (Phi) is 3.23. The lowest BCUT2D eigenvalue weighted by atomic mass is 10.1. The molecule has 6 nitrogen and oxygen atoms in total. The third kappa shape index (κ3) is 2.18. The van der Waals surface area contributed by atoms with Gasteiger partial charge < -0.3 is 5.32 Å². The van der Waals surface area contributed by atoms with Crippen LogP contribution in [-0.2, 0) is 0 Å². The maximum atomic E-state index is 6.14. The molecule has 1 N–H and O–H groups in total. The summed E-state index contributed by atoms with van der Waals surface area (Å²) in [4.78, 5) is 12.3. The van der Waals surface area contributed by atoms with E-state index in [4.69, 9.17) is 11.6 Å². The first-order chi connectivity index (χ1) is 9.66. The second-order valence-electron chi connectivity index (χ2n) is 4.49. The van der Waals surface area contributed by atoms with E-state index in [0.717, 1.165) is 16.9 Å². The van der Waals surface area contributed by atoms with Crippen LogP contribution in [0.4, 0.5) is 5.82 Å². The van der Waals surface area contributed by atoms with Crippen molar-refractivity contribution in [2.45, 2.75) is 19.9 Å². The van der Waals surface area contributed by atoms with Crippen molar-refractivity contribution in [1.29, 1.82) is 0 Å². The average molecular weight is 289 g/mol. The highest BCUT2D eigenvalue weighted by atomic mass is 35.5. The third-order valence-electron chi connectivity index (χ3n) is 3.16. The van der Waals surface area contributed by atoms with Crippen LogP contribution in [0.2, 0.25) is 5.15 Å². The van der Waals surface area contributed by atoms with Gasteiger partial charge in [0.1, 0.15) is 17.3 Å². The zero-order valence-electron chi connectivity index (χ0n) is 11.1. The standard InChI is InChI=1S/C13H13ClN6/c1-8-11(14)19-13-16-7-17-20(13)12(8)18-9(2)10-3-5-15-6-4-10/h3-7,9,18H,1-2H3. The molecule has 1 atom stereocenters. The largest absolute Gasteiger partial charge is 0.363 e. The predicted molar refractivity (Wildman–Crippen MR) is 76.8 cm³/mol. The van der Waals surface area contributed by atoms with Crippen LogP contribution in [0, 0.1) is 6.92 Å². The number of anilines is 1. The van der Waals surface area contributed by atoms with Gasteiger partial charge in [-0.3, -0.25) is 4.98 Å². The van der Waals surface area contributed by atoms with Gasteiger partial charge in [-0.05, 0) is 31.5 Å². The second kappa shape index (κ2) is 5.05. The lowest BCUT2D eigenvalue weighted by Gasteiger charge is -2.18. The molecule has 3 aromatic heterocycles. The number of nitrogens with one attached hydrogen (secondary N) is 1. The maximum Gasteiger partial charge on any atom is 0.255 e. The summed E-state index contributed by atoms with van der Waals surface area (Å²) in [6.45, 7) is 3.96. The molecule has 0 aliphatic rings. The molecule has 0 saturated carbocycles. The molecule has 0 aliphatic carbocycles. The lowest BCUT2D eigenvalue weighted by molar-refractivity contribution is 0.833. The zero-order chi connectivity index (χ0) is 14.1. The van der Waals surface area contributed by atoms with Gasteiger partial charge in [0.2, 0.25) is 0 Å². The summed E-state index contributed by atoms with van der Waals surface area (Å²) >= 11 is 6.14. The molecule has 0 saturated heterocycles. The van der Waals surface area contributed by atoms with Gasteiger partial charge in [0.15, 0.2) is 0 Å². The Morgan fingerprint density at radius 3 is 2.80 bits per heavy atom. The third-order valence-corrected chi connectivity index (χ3v) is 3.53. The molecule has 0 amide bonds. The number of pyridine rings is 1. The van der Waals surface area contributed by atoms with E-state index in [1.54, 1.807) is 16.9 Å². The van der Waals surface area contributed by atoms with E-state index in [9.17, 15) is 0 Å². The number of rotatable bonds is 3. The van der Waals surface area contributed by atoms with E-state index in [1.807, 2.05) is 19.1 Å². The molecule has 20 heavy (non-hydrogen) atoms. The highest BCUT2D eigenvalue weighted by molar-refractivity contribution is 6.30. The van der Waals surface area contributed by atoms with E-state index in [0.29, 0.717) is 10.9 Å². The van der Waals surface area contributed by atoms with Crippen LogP contribution in [0.15, 0.2) is 30.9 Å². The van der Waals surface area contributed by atoms with Crippen LogP contribution < -0.4 is 5.32 Å². The number of hydrogen-bond donors (Lipinski definition) is 1. The van der Waals surface area contributed by atoms with Crippen LogP contribution in [0.3, 0.4) is 0 Å². The minimum Gasteiger partial charge on any atom is -0.363 e. The molecule has 0 aliphatic heterocycles. The fourth-order valence-corrected chi connectivity index (χ4v) is 2.17. The van der Waals surface area contributed by atoms with Gasteiger partial charge in [-0.25, -0.2) is 0 Å². The van der Waals surface area contributed by atoms with Gasteiger partial charge in [0.05, 0.1) is 6.04 Å². The Morgan fingerprint density at radius 1 is 1.30 bits per heavy atom. The van der Waals surface area contributed by atoms with Crippen molar-refractivity contribution in [2.75, 3.05) is 5.32 Å². The molecule has 102 valence electrons. The van der Waals surface area contributed by atoms with Crippen molar-refractivity contribution in [3.63, 3.8) is 0 Å². The first-order valence-corrected chi connectivity index (χ1v) is 6.57. The number of fused-ring (bicyclic) bond motifs is 1. The minimum atomic E-state index is 0.0857. The van der Waals surface area contributed by atoms with Gasteiger partial charge in [0, 0.05) is 18.0 Å². The van der Waals surface area contributed by atoms with Gasteiger partial charge in [-0.15, -0.1) is 0 Å². The highest BCUT2D eigenvalue weighted by Gasteiger charge is 2.14. The maximum absolute atomic E-state index is 6.14. The molecule has 0 fully saturated rings. The molecule has 3 heterocycles. The Morgan fingerprint density at radius 2 is 2.05 bits per heavy atom. The molecule has 0 radical (unpaired) electrons. The molecule has 0 bridgehead atoms. The molecule has 0 aromatic carbocycles. The van der Waals surface area contributed by atoms with E-state index in [-0.39, 0.29) is 6.04 Å². The van der Waals surface area contributed by atoms with Crippen molar-refractivity contribution in [3.05, 3.63) is 47.1 Å². The van der Waals surface area contributed by atoms with E-state index in [2.05, 4.69) is 32.3 Å². The Bertz CT molecular complexity index is 739. The van der Waals surface area contributed by atoms with E-state index in [1.165, 1.54) is 6.33 Å². The summed E-state index contributed by atoms with van der Waals surface area (Å²) in [6.07, 6.45) is 5.00. The van der Waals surface area contributed by atoms with Crippen molar-refractivity contribution in [2.24, 2.45) is 0 Å². The van der Waals surface area contributed by atoms with Crippen molar-refractivity contribution in [1.82, 2.24) is 24.6 Å². The molecular formula is C13H13ClN6. The summed E-state index contributed by atoms with van der Waals surface area (Å²) < 4.78 is 1.65. The Labute approximate surface area is 120 Å². The molecular weight excluding hydrogens is 276 g/mol. The number of aromatic nitrogens is 5. The summed E-state index contributed by atoms with van der Waals surface area (Å²) in [7, 11) is 0. The van der Waals surface area contributed by atoms with E-state index < -0.39 is 0 Å². The van der Waals surface area contributed by atoms with Gasteiger partial charge in [0.25, 0.3) is 5.78 Å².